The summed E-state index contributed by atoms with van der Waals surface area (Å²) < 4.78 is 8.47. The monoisotopic (exact) mass is 381 g/mol. The van der Waals surface area contributed by atoms with Crippen molar-refractivity contribution in [1.82, 2.24) is 10.2 Å². The van der Waals surface area contributed by atoms with Gasteiger partial charge in [-0.05, 0) is 50.3 Å². The van der Waals surface area contributed by atoms with Crippen LogP contribution >= 0.6 is 12.4 Å². The topological polar surface area (TPSA) is 69.1 Å². The predicted molar refractivity (Wildman–Crippen MR) is 104 cm³/mol. The first kappa shape index (κ1) is 18.5. The van der Waals surface area contributed by atoms with Crippen molar-refractivity contribution in [3.8, 4) is 0 Å². The van der Waals surface area contributed by atoms with E-state index in [-0.39, 0.29) is 18.3 Å². The molecule has 2 N–H and O–H groups in total. The van der Waals surface area contributed by atoms with E-state index in [2.05, 4.69) is 24.3 Å². The van der Waals surface area contributed by atoms with Crippen molar-refractivity contribution in [3.05, 3.63) is 18.2 Å². The first-order valence-corrected chi connectivity index (χ1v) is 9.48. The molecule has 0 spiro atoms. The van der Waals surface area contributed by atoms with E-state index in [0.29, 0.717) is 12.6 Å². The quantitative estimate of drug-likeness (QED) is 0.807. The van der Waals surface area contributed by atoms with Gasteiger partial charge >= 0.3 is 0 Å². The Labute approximate surface area is 158 Å². The number of nitrogens with one attached hydrogen (secondary N) is 2. The van der Waals surface area contributed by atoms with E-state index in [0.717, 1.165) is 48.9 Å². The largest absolute Gasteiger partial charge is 0.323 e. The minimum absolute atomic E-state index is 0. The third-order valence-corrected chi connectivity index (χ3v) is 5.45. The molecule has 1 amide bonds. The lowest BCUT2D eigenvalue weighted by Crippen LogP contribution is -2.45. The molecule has 1 aliphatic carbocycles. The summed E-state index contributed by atoms with van der Waals surface area (Å²) in [5.41, 5.74) is 2.37. The third-order valence-electron chi connectivity index (χ3n) is 4.91. The number of anilines is 1. The molecule has 3 aliphatic rings. The number of halogens is 1. The van der Waals surface area contributed by atoms with E-state index >= 15 is 0 Å². The summed E-state index contributed by atoms with van der Waals surface area (Å²) >= 11 is 1.17. The second-order valence-corrected chi connectivity index (χ2v) is 7.42. The van der Waals surface area contributed by atoms with Crippen molar-refractivity contribution in [1.29, 1.82) is 0 Å². The van der Waals surface area contributed by atoms with Gasteiger partial charge in [-0.25, -0.2) is 0 Å². The highest BCUT2D eigenvalue weighted by Crippen LogP contribution is 2.38. The van der Waals surface area contributed by atoms with Crippen LogP contribution in [0.4, 0.5) is 17.1 Å². The molecule has 0 unspecified atom stereocenters. The Morgan fingerprint density at radius 1 is 1.20 bits per heavy atom. The second-order valence-electron chi connectivity index (χ2n) is 6.89. The lowest BCUT2D eigenvalue weighted by molar-refractivity contribution is -0.117. The van der Waals surface area contributed by atoms with Crippen LogP contribution in [0.1, 0.15) is 25.7 Å². The SMILES string of the molecule is Cl.O=C(CN1CCC(NCC2CC2)CC1)Nc1cccc2c1N=S=N2. The number of carbonyl (C=O) groups excluding carboxylic acids is 1. The number of hydrogen-bond acceptors (Lipinski definition) is 5. The molecule has 0 bridgehead atoms. The molecule has 2 fully saturated rings. The highest BCUT2D eigenvalue weighted by molar-refractivity contribution is 7.58. The Kier molecular flexibility index (Phi) is 6.22. The zero-order valence-corrected chi connectivity index (χ0v) is 15.7. The molecule has 0 aromatic heterocycles. The highest BCUT2D eigenvalue weighted by atomic mass is 35.5. The van der Waals surface area contributed by atoms with Crippen LogP contribution in [-0.2, 0) is 16.1 Å². The average Bonchev–Trinajstić information content (AvgIpc) is 3.29. The number of hydrogen-bond donors (Lipinski definition) is 2. The molecule has 8 heteroatoms. The molecule has 2 aliphatic heterocycles. The first-order chi connectivity index (χ1) is 11.8. The van der Waals surface area contributed by atoms with Gasteiger partial charge in [-0.15, -0.1) is 12.4 Å². The fraction of sp³-hybridized carbons (Fsp3) is 0.588. The van der Waals surface area contributed by atoms with Gasteiger partial charge in [-0.1, -0.05) is 6.07 Å². The maximum Gasteiger partial charge on any atom is 0.238 e. The van der Waals surface area contributed by atoms with Crippen molar-refractivity contribution in [3.63, 3.8) is 0 Å². The van der Waals surface area contributed by atoms with Gasteiger partial charge in [0.1, 0.15) is 11.4 Å². The van der Waals surface area contributed by atoms with Crippen LogP contribution < -0.4 is 10.6 Å². The number of piperidine rings is 1. The molecular formula is C17H24ClN5OS. The van der Waals surface area contributed by atoms with Gasteiger partial charge < -0.3 is 10.6 Å². The fourth-order valence-corrected chi connectivity index (χ4v) is 3.80. The van der Waals surface area contributed by atoms with E-state index < -0.39 is 0 Å². The molecule has 1 aromatic carbocycles. The number of rotatable bonds is 6. The fourth-order valence-electron chi connectivity index (χ4n) is 3.25. The van der Waals surface area contributed by atoms with Crippen LogP contribution in [0.3, 0.4) is 0 Å². The van der Waals surface area contributed by atoms with Crippen molar-refractivity contribution in [2.24, 2.45) is 14.6 Å². The van der Waals surface area contributed by atoms with E-state index in [1.807, 2.05) is 18.2 Å². The van der Waals surface area contributed by atoms with E-state index in [1.165, 1.54) is 30.7 Å². The summed E-state index contributed by atoms with van der Waals surface area (Å²) in [6, 6.07) is 6.32. The Hall–Kier alpha value is -1.28. The maximum atomic E-state index is 12.3. The smallest absolute Gasteiger partial charge is 0.238 e. The normalized spacial score (nSPS) is 19.8. The first-order valence-electron chi connectivity index (χ1n) is 8.75. The summed E-state index contributed by atoms with van der Waals surface area (Å²) in [6.07, 6.45) is 5.05. The number of amides is 1. The van der Waals surface area contributed by atoms with Gasteiger partial charge in [0, 0.05) is 19.1 Å². The van der Waals surface area contributed by atoms with Gasteiger partial charge in [0.2, 0.25) is 5.91 Å². The molecule has 0 radical (unpaired) electrons. The Balaban J connectivity index is 0.00000182. The molecule has 1 aromatic rings. The van der Waals surface area contributed by atoms with Crippen LogP contribution in [0.15, 0.2) is 26.9 Å². The van der Waals surface area contributed by atoms with Crippen LogP contribution in [0.5, 0.6) is 0 Å². The van der Waals surface area contributed by atoms with Gasteiger partial charge in [0.25, 0.3) is 0 Å². The van der Waals surface area contributed by atoms with Crippen LogP contribution in [-0.4, -0.2) is 43.0 Å². The van der Waals surface area contributed by atoms with Crippen molar-refractivity contribution < 1.29 is 4.79 Å². The summed E-state index contributed by atoms with van der Waals surface area (Å²) in [5, 5.41) is 6.66. The lowest BCUT2D eigenvalue weighted by atomic mass is 10.0. The van der Waals surface area contributed by atoms with E-state index in [9.17, 15) is 4.79 Å². The number of likely N-dealkylation sites (tertiary alicyclic amines) is 1. The van der Waals surface area contributed by atoms with Crippen molar-refractivity contribution >= 4 is 46.7 Å². The zero-order valence-electron chi connectivity index (χ0n) is 14.1. The molecule has 6 nitrogen and oxygen atoms in total. The van der Waals surface area contributed by atoms with Crippen LogP contribution in [0.25, 0.3) is 0 Å². The molecule has 4 rings (SSSR count). The Morgan fingerprint density at radius 2 is 2.00 bits per heavy atom. The van der Waals surface area contributed by atoms with Crippen LogP contribution in [0.2, 0.25) is 0 Å². The minimum atomic E-state index is 0. The van der Waals surface area contributed by atoms with Gasteiger partial charge in [-0.2, -0.15) is 8.73 Å². The summed E-state index contributed by atoms with van der Waals surface area (Å²) in [6.45, 7) is 3.59. The molecule has 1 saturated carbocycles. The van der Waals surface area contributed by atoms with E-state index in [1.54, 1.807) is 0 Å². The second kappa shape index (κ2) is 8.40. The molecule has 0 atom stereocenters. The molecule has 136 valence electrons. The average molecular weight is 382 g/mol. The minimum Gasteiger partial charge on any atom is -0.323 e. The van der Waals surface area contributed by atoms with Gasteiger partial charge in [0.15, 0.2) is 0 Å². The van der Waals surface area contributed by atoms with E-state index in [4.69, 9.17) is 0 Å². The van der Waals surface area contributed by atoms with Gasteiger partial charge in [-0.3, -0.25) is 9.69 Å². The number of fused-ring (bicyclic) bond motifs is 1. The third kappa shape index (κ3) is 4.88. The van der Waals surface area contributed by atoms with Crippen LogP contribution in [0, 0.1) is 5.92 Å². The molecule has 2 heterocycles. The van der Waals surface area contributed by atoms with Crippen molar-refractivity contribution in [2.45, 2.75) is 31.7 Å². The molecular weight excluding hydrogens is 358 g/mol. The number of benzene rings is 1. The Bertz CT molecular complexity index is 694. The lowest BCUT2D eigenvalue weighted by Gasteiger charge is -2.32. The Morgan fingerprint density at radius 3 is 2.76 bits per heavy atom. The number of carbonyl (C=O) groups is 1. The zero-order chi connectivity index (χ0) is 16.4. The molecule has 25 heavy (non-hydrogen) atoms. The van der Waals surface area contributed by atoms with Crippen molar-refractivity contribution in [2.75, 3.05) is 31.5 Å². The number of nitrogens with zero attached hydrogens (tertiary/aromatic N) is 3. The summed E-state index contributed by atoms with van der Waals surface area (Å²) in [4.78, 5) is 14.6. The molecule has 1 saturated heterocycles. The summed E-state index contributed by atoms with van der Waals surface area (Å²) in [7, 11) is 0. The van der Waals surface area contributed by atoms with Gasteiger partial charge in [0.05, 0.1) is 23.6 Å². The standard InChI is InChI=1S/C17H23N5OS.ClH/c23-16(19-14-2-1-3-15-17(14)21-24-20-15)11-22-8-6-13(7-9-22)18-10-12-4-5-12;/h1-3,12-13,18H,4-11H2,(H,19,23);1H. The maximum absolute atomic E-state index is 12.3. The summed E-state index contributed by atoms with van der Waals surface area (Å²) in [5.74, 6) is 0.955. The predicted octanol–water partition coefficient (Wildman–Crippen LogP) is 3.24. The highest BCUT2D eigenvalue weighted by Gasteiger charge is 2.25.